The summed E-state index contributed by atoms with van der Waals surface area (Å²) in [5.74, 6) is -0.860. The van der Waals surface area contributed by atoms with Gasteiger partial charge in [-0.2, -0.15) is 0 Å². The van der Waals surface area contributed by atoms with E-state index in [1.54, 1.807) is 0 Å². The number of pyridine rings is 1. The first-order valence-corrected chi connectivity index (χ1v) is 7.69. The molecule has 0 saturated heterocycles. The molecule has 1 aromatic heterocycles. The fourth-order valence-corrected chi connectivity index (χ4v) is 2.90. The molecular weight excluding hydrogens is 269 g/mol. The van der Waals surface area contributed by atoms with E-state index in [1.165, 1.54) is 12.3 Å². The summed E-state index contributed by atoms with van der Waals surface area (Å²) in [5.41, 5.74) is 5.39. The number of hydrogen-bond donors (Lipinski definition) is 2. The summed E-state index contributed by atoms with van der Waals surface area (Å²) in [7, 11) is -3.95. The number of halogens is 1. The van der Waals surface area contributed by atoms with Crippen LogP contribution in [0.3, 0.4) is 0 Å². The third-order valence-corrected chi connectivity index (χ3v) is 4.88. The average molecular weight is 289 g/mol. The maximum atomic E-state index is 13.4. The number of sulfonamides is 1. The third kappa shape index (κ3) is 3.71. The van der Waals surface area contributed by atoms with E-state index < -0.39 is 20.9 Å². The van der Waals surface area contributed by atoms with Gasteiger partial charge in [0.05, 0.1) is 0 Å². The fraction of sp³-hybridized carbons (Fsp3) is 0.583. The van der Waals surface area contributed by atoms with Gasteiger partial charge in [-0.25, -0.2) is 22.5 Å². The van der Waals surface area contributed by atoms with Gasteiger partial charge in [0.25, 0.3) is 10.0 Å². The maximum absolute atomic E-state index is 13.4. The van der Waals surface area contributed by atoms with E-state index in [0.717, 1.165) is 18.9 Å². The Morgan fingerprint density at radius 2 is 2.05 bits per heavy atom. The highest BCUT2D eigenvalue weighted by Crippen LogP contribution is 2.24. The van der Waals surface area contributed by atoms with Crippen LogP contribution in [0.1, 0.15) is 26.7 Å². The predicted octanol–water partition coefficient (Wildman–Crippen LogP) is 1.26. The van der Waals surface area contributed by atoms with Gasteiger partial charge in [-0.1, -0.05) is 13.8 Å². The highest BCUT2D eigenvalue weighted by atomic mass is 32.2. The van der Waals surface area contributed by atoms with Gasteiger partial charge in [-0.15, -0.1) is 0 Å². The minimum absolute atomic E-state index is 0.175. The molecular formula is C12H20FN3O2S. The Morgan fingerprint density at radius 3 is 2.53 bits per heavy atom. The number of rotatable bonds is 7. The van der Waals surface area contributed by atoms with Crippen LogP contribution in [0.2, 0.25) is 0 Å². The lowest BCUT2D eigenvalue weighted by atomic mass is 9.83. The Balaban J connectivity index is 2.90. The molecule has 1 aromatic rings. The van der Waals surface area contributed by atoms with Crippen LogP contribution in [0, 0.1) is 11.2 Å². The second-order valence-corrected chi connectivity index (χ2v) is 6.21. The Hall–Kier alpha value is -1.05. The molecule has 0 atom stereocenters. The van der Waals surface area contributed by atoms with Gasteiger partial charge >= 0.3 is 0 Å². The Morgan fingerprint density at radius 1 is 1.42 bits per heavy atom. The van der Waals surface area contributed by atoms with Crippen molar-refractivity contribution in [2.45, 2.75) is 31.7 Å². The smallest absolute Gasteiger partial charge is 0.261 e. The number of nitrogens with two attached hydrogens (primary N) is 1. The molecule has 0 aliphatic rings. The number of hydrogen-bond acceptors (Lipinski definition) is 4. The van der Waals surface area contributed by atoms with Crippen molar-refractivity contribution < 1.29 is 12.8 Å². The monoisotopic (exact) mass is 289 g/mol. The van der Waals surface area contributed by atoms with Crippen LogP contribution in [0.5, 0.6) is 0 Å². The minimum Gasteiger partial charge on any atom is -0.330 e. The molecule has 0 aliphatic heterocycles. The highest BCUT2D eigenvalue weighted by Gasteiger charge is 2.28. The van der Waals surface area contributed by atoms with Gasteiger partial charge in [0.1, 0.15) is 0 Å². The van der Waals surface area contributed by atoms with Crippen LogP contribution >= 0.6 is 0 Å². The lowest BCUT2D eigenvalue weighted by Gasteiger charge is -2.30. The molecule has 1 rings (SSSR count). The summed E-state index contributed by atoms with van der Waals surface area (Å²) in [6, 6.07) is 2.41. The third-order valence-electron chi connectivity index (χ3n) is 3.55. The first-order chi connectivity index (χ1) is 8.90. The molecule has 0 spiro atoms. The highest BCUT2D eigenvalue weighted by molar-refractivity contribution is 7.89. The molecule has 0 bridgehead atoms. The summed E-state index contributed by atoms with van der Waals surface area (Å²) in [6.07, 6.45) is 2.73. The molecule has 0 fully saturated rings. The Kier molecular flexibility index (Phi) is 5.39. The molecule has 0 saturated carbocycles. The molecule has 0 aromatic carbocycles. The molecule has 3 N–H and O–H groups in total. The van der Waals surface area contributed by atoms with Crippen LogP contribution in [-0.4, -0.2) is 26.5 Å². The van der Waals surface area contributed by atoms with Crippen LogP contribution in [0.4, 0.5) is 4.39 Å². The van der Waals surface area contributed by atoms with E-state index in [-0.39, 0.29) is 12.0 Å². The average Bonchev–Trinajstić information content (AvgIpc) is 2.41. The topological polar surface area (TPSA) is 85.1 Å². The molecule has 19 heavy (non-hydrogen) atoms. The van der Waals surface area contributed by atoms with Crippen LogP contribution in [-0.2, 0) is 10.0 Å². The van der Waals surface area contributed by atoms with E-state index in [9.17, 15) is 12.8 Å². The molecule has 108 valence electrons. The van der Waals surface area contributed by atoms with Gasteiger partial charge in [0.15, 0.2) is 5.82 Å². The van der Waals surface area contributed by atoms with Gasteiger partial charge < -0.3 is 5.73 Å². The van der Waals surface area contributed by atoms with Gasteiger partial charge in [0, 0.05) is 12.7 Å². The summed E-state index contributed by atoms with van der Waals surface area (Å²) >= 11 is 0. The van der Waals surface area contributed by atoms with Crippen LogP contribution < -0.4 is 10.5 Å². The van der Waals surface area contributed by atoms with Crippen molar-refractivity contribution in [2.24, 2.45) is 11.1 Å². The van der Waals surface area contributed by atoms with E-state index in [0.29, 0.717) is 6.54 Å². The Labute approximate surface area is 113 Å². The first-order valence-electron chi connectivity index (χ1n) is 6.21. The summed E-state index contributed by atoms with van der Waals surface area (Å²) in [5, 5.41) is -0.576. The quantitative estimate of drug-likeness (QED) is 0.791. The normalized spacial score (nSPS) is 12.6. The zero-order valence-corrected chi connectivity index (χ0v) is 12.0. The van der Waals surface area contributed by atoms with Crippen molar-refractivity contribution in [2.75, 3.05) is 13.1 Å². The molecule has 0 aliphatic carbocycles. The zero-order chi connectivity index (χ0) is 14.5. The van der Waals surface area contributed by atoms with Crippen LogP contribution in [0.25, 0.3) is 0 Å². The molecule has 0 unspecified atom stereocenters. The molecule has 5 nitrogen and oxygen atoms in total. The van der Waals surface area contributed by atoms with Crippen molar-refractivity contribution in [3.05, 3.63) is 24.1 Å². The van der Waals surface area contributed by atoms with E-state index in [2.05, 4.69) is 9.71 Å². The van der Waals surface area contributed by atoms with E-state index in [4.69, 9.17) is 5.73 Å². The van der Waals surface area contributed by atoms with Gasteiger partial charge in [0.2, 0.25) is 5.03 Å². The standard InChI is InChI=1S/C12H20FN3O2S/c1-3-12(4-2,8-14)9-16-19(17,18)11-10(13)6-5-7-15-11/h5-7,16H,3-4,8-9,14H2,1-2H3. The second kappa shape index (κ2) is 6.40. The lowest BCUT2D eigenvalue weighted by molar-refractivity contribution is 0.275. The Bertz CT molecular complexity index is 507. The summed E-state index contributed by atoms with van der Waals surface area (Å²) in [6.45, 7) is 4.44. The fourth-order valence-electron chi connectivity index (χ4n) is 1.75. The summed E-state index contributed by atoms with van der Waals surface area (Å²) < 4.78 is 39.8. The van der Waals surface area contributed by atoms with Crippen molar-refractivity contribution >= 4 is 10.0 Å². The number of nitrogens with zero attached hydrogens (tertiary/aromatic N) is 1. The summed E-state index contributed by atoms with van der Waals surface area (Å²) in [4.78, 5) is 3.57. The first kappa shape index (κ1) is 16.0. The van der Waals surface area contributed by atoms with E-state index in [1.807, 2.05) is 13.8 Å². The number of nitrogens with one attached hydrogen (secondary N) is 1. The van der Waals surface area contributed by atoms with Crippen molar-refractivity contribution in [1.29, 1.82) is 0 Å². The van der Waals surface area contributed by atoms with Crippen molar-refractivity contribution in [1.82, 2.24) is 9.71 Å². The van der Waals surface area contributed by atoms with Crippen molar-refractivity contribution in [3.8, 4) is 0 Å². The van der Waals surface area contributed by atoms with Gasteiger partial charge in [-0.3, -0.25) is 0 Å². The molecule has 1 heterocycles. The van der Waals surface area contributed by atoms with E-state index >= 15 is 0 Å². The predicted molar refractivity (Wildman–Crippen MR) is 71.5 cm³/mol. The maximum Gasteiger partial charge on any atom is 0.261 e. The lowest BCUT2D eigenvalue weighted by Crippen LogP contribution is -2.42. The van der Waals surface area contributed by atoms with Crippen LogP contribution in [0.15, 0.2) is 23.4 Å². The van der Waals surface area contributed by atoms with Gasteiger partial charge in [-0.05, 0) is 36.9 Å². The zero-order valence-electron chi connectivity index (χ0n) is 11.2. The molecule has 0 radical (unpaired) electrons. The minimum atomic E-state index is -3.95. The largest absolute Gasteiger partial charge is 0.330 e. The molecule has 0 amide bonds. The SMILES string of the molecule is CCC(CC)(CN)CNS(=O)(=O)c1ncccc1F. The van der Waals surface area contributed by atoms with Crippen molar-refractivity contribution in [3.63, 3.8) is 0 Å². The number of aromatic nitrogens is 1. The second-order valence-electron chi connectivity index (χ2n) is 4.53. The molecule has 7 heteroatoms.